The van der Waals surface area contributed by atoms with Gasteiger partial charge in [0, 0.05) is 25.4 Å². The molecule has 106 valence electrons. The first-order valence-corrected chi connectivity index (χ1v) is 6.36. The molecule has 0 amide bonds. The fourth-order valence-corrected chi connectivity index (χ4v) is 1.68. The summed E-state index contributed by atoms with van der Waals surface area (Å²) in [6.45, 7) is 5.53. The van der Waals surface area contributed by atoms with E-state index >= 15 is 0 Å². The van der Waals surface area contributed by atoms with E-state index in [0.717, 1.165) is 16.8 Å². The molecule has 0 aromatic heterocycles. The van der Waals surface area contributed by atoms with Crippen molar-refractivity contribution in [1.82, 2.24) is 0 Å². The second-order valence-electron chi connectivity index (χ2n) is 4.61. The Labute approximate surface area is 120 Å². The molecule has 0 aliphatic heterocycles. The number of methoxy groups -OCH3 is 1. The Balaban J connectivity index is 3.01. The van der Waals surface area contributed by atoms with Gasteiger partial charge in [0.1, 0.15) is 0 Å². The molecule has 0 aliphatic rings. The van der Waals surface area contributed by atoms with Crippen LogP contribution in [-0.4, -0.2) is 27.2 Å². The van der Waals surface area contributed by atoms with Crippen molar-refractivity contribution in [3.63, 3.8) is 0 Å². The van der Waals surface area contributed by atoms with Gasteiger partial charge >= 0.3 is 5.97 Å². The maximum atomic E-state index is 11.3. The predicted molar refractivity (Wildman–Crippen MR) is 84.7 cm³/mol. The number of ether oxygens (including phenoxy) is 1. The molecule has 0 radical (unpaired) electrons. The minimum Gasteiger partial charge on any atom is -0.466 e. The van der Waals surface area contributed by atoms with Crippen molar-refractivity contribution in [3.05, 3.63) is 60.2 Å². The van der Waals surface area contributed by atoms with Gasteiger partial charge in [-0.3, -0.25) is 0 Å². The molecular formula is C17H21NO2. The highest BCUT2D eigenvalue weighted by Gasteiger charge is 2.02. The van der Waals surface area contributed by atoms with Crippen molar-refractivity contribution >= 4 is 17.2 Å². The molecule has 20 heavy (non-hydrogen) atoms. The Morgan fingerprint density at radius 1 is 1.20 bits per heavy atom. The number of allylic oxidation sites excluding steroid dienone is 4. The normalized spacial score (nSPS) is 12.0. The van der Waals surface area contributed by atoms with Gasteiger partial charge in [-0.15, -0.1) is 0 Å². The second kappa shape index (κ2) is 7.34. The van der Waals surface area contributed by atoms with Crippen LogP contribution >= 0.6 is 0 Å². The molecule has 1 aromatic rings. The second-order valence-corrected chi connectivity index (χ2v) is 4.61. The highest BCUT2D eigenvalue weighted by Crippen LogP contribution is 2.20. The molecule has 0 fully saturated rings. The molecule has 1 aromatic carbocycles. The quantitative estimate of drug-likeness (QED) is 0.467. The van der Waals surface area contributed by atoms with Crippen LogP contribution in [0.1, 0.15) is 12.5 Å². The number of carbonyl (C=O) groups is 1. The molecule has 0 heterocycles. The van der Waals surface area contributed by atoms with E-state index < -0.39 is 0 Å². The van der Waals surface area contributed by atoms with Crippen LogP contribution in [0.4, 0.5) is 5.69 Å². The van der Waals surface area contributed by atoms with Crippen molar-refractivity contribution in [2.24, 2.45) is 0 Å². The standard InChI is InChI=1S/C17H21NO2/c1-6-14(8-7-13(2)17(19)20-5)15-9-11-16(12-10-15)18(3)4/h6-12H,1H2,2-5H3/b13-7+,14-8+. The lowest BCUT2D eigenvalue weighted by molar-refractivity contribution is -0.136. The third-order valence-electron chi connectivity index (χ3n) is 2.96. The van der Waals surface area contributed by atoms with Crippen LogP contribution in [0.3, 0.4) is 0 Å². The molecule has 0 unspecified atom stereocenters. The van der Waals surface area contributed by atoms with Crippen LogP contribution in [0, 0.1) is 0 Å². The summed E-state index contributed by atoms with van der Waals surface area (Å²) >= 11 is 0. The van der Waals surface area contributed by atoms with Gasteiger partial charge in [-0.25, -0.2) is 4.79 Å². The van der Waals surface area contributed by atoms with Crippen LogP contribution in [0.2, 0.25) is 0 Å². The maximum Gasteiger partial charge on any atom is 0.333 e. The Kier molecular flexibility index (Phi) is 5.78. The molecule has 0 saturated carbocycles. The summed E-state index contributed by atoms with van der Waals surface area (Å²) in [5, 5.41) is 0. The van der Waals surface area contributed by atoms with Crippen molar-refractivity contribution < 1.29 is 9.53 Å². The first-order chi connectivity index (χ1) is 9.49. The highest BCUT2D eigenvalue weighted by atomic mass is 16.5. The van der Waals surface area contributed by atoms with E-state index in [2.05, 4.69) is 11.3 Å². The van der Waals surface area contributed by atoms with Crippen LogP contribution in [0.25, 0.3) is 5.57 Å². The van der Waals surface area contributed by atoms with Gasteiger partial charge in [0.15, 0.2) is 0 Å². The first kappa shape index (κ1) is 15.8. The van der Waals surface area contributed by atoms with Crippen molar-refractivity contribution in [2.45, 2.75) is 6.92 Å². The molecule has 3 nitrogen and oxygen atoms in total. The van der Waals surface area contributed by atoms with E-state index in [1.54, 1.807) is 19.1 Å². The summed E-state index contributed by atoms with van der Waals surface area (Å²) in [6.07, 6.45) is 5.37. The van der Waals surface area contributed by atoms with Crippen molar-refractivity contribution in [2.75, 3.05) is 26.1 Å². The summed E-state index contributed by atoms with van der Waals surface area (Å²) in [7, 11) is 5.38. The maximum absolute atomic E-state index is 11.3. The molecule has 1 rings (SSSR count). The number of anilines is 1. The van der Waals surface area contributed by atoms with Crippen LogP contribution in [0.5, 0.6) is 0 Å². The van der Waals surface area contributed by atoms with E-state index in [1.807, 2.05) is 49.3 Å². The zero-order chi connectivity index (χ0) is 15.1. The van der Waals surface area contributed by atoms with Gasteiger partial charge in [0.2, 0.25) is 0 Å². The lowest BCUT2D eigenvalue weighted by Gasteiger charge is -2.12. The largest absolute Gasteiger partial charge is 0.466 e. The van der Waals surface area contributed by atoms with Gasteiger partial charge in [0.25, 0.3) is 0 Å². The predicted octanol–water partition coefficient (Wildman–Crippen LogP) is 3.44. The summed E-state index contributed by atoms with van der Waals surface area (Å²) in [5.74, 6) is -0.326. The highest BCUT2D eigenvalue weighted by molar-refractivity contribution is 5.88. The smallest absolute Gasteiger partial charge is 0.333 e. The number of nitrogens with zero attached hydrogens (tertiary/aromatic N) is 1. The minimum atomic E-state index is -0.326. The van der Waals surface area contributed by atoms with Gasteiger partial charge in [-0.05, 0) is 30.2 Å². The number of hydrogen-bond acceptors (Lipinski definition) is 3. The van der Waals surface area contributed by atoms with Gasteiger partial charge < -0.3 is 9.64 Å². The van der Waals surface area contributed by atoms with Crippen LogP contribution in [0.15, 0.2) is 54.6 Å². The average Bonchev–Trinajstić information content (AvgIpc) is 2.47. The zero-order valence-electron chi connectivity index (χ0n) is 12.5. The molecule has 0 aliphatic carbocycles. The lowest BCUT2D eigenvalue weighted by Crippen LogP contribution is -2.08. The van der Waals surface area contributed by atoms with E-state index in [4.69, 9.17) is 0 Å². The minimum absolute atomic E-state index is 0.326. The molecular weight excluding hydrogens is 250 g/mol. The third kappa shape index (κ3) is 4.12. The van der Waals surface area contributed by atoms with E-state index in [-0.39, 0.29) is 5.97 Å². The molecule has 0 spiro atoms. The fraction of sp³-hybridized carbons (Fsp3) is 0.235. The molecule has 3 heteroatoms. The van der Waals surface area contributed by atoms with Crippen molar-refractivity contribution in [1.29, 1.82) is 0 Å². The Morgan fingerprint density at radius 3 is 2.25 bits per heavy atom. The molecule has 0 saturated heterocycles. The number of esters is 1. The third-order valence-corrected chi connectivity index (χ3v) is 2.96. The number of rotatable bonds is 5. The van der Waals surface area contributed by atoms with Crippen molar-refractivity contribution in [3.8, 4) is 0 Å². The Morgan fingerprint density at radius 2 is 1.80 bits per heavy atom. The van der Waals surface area contributed by atoms with E-state index in [0.29, 0.717) is 5.57 Å². The summed E-state index contributed by atoms with van der Waals surface area (Å²) in [5.41, 5.74) is 3.70. The van der Waals surface area contributed by atoms with E-state index in [1.165, 1.54) is 7.11 Å². The lowest BCUT2D eigenvalue weighted by atomic mass is 10.0. The summed E-state index contributed by atoms with van der Waals surface area (Å²) < 4.78 is 4.66. The summed E-state index contributed by atoms with van der Waals surface area (Å²) in [6, 6.07) is 8.15. The summed E-state index contributed by atoms with van der Waals surface area (Å²) in [4.78, 5) is 13.4. The molecule has 0 bridgehead atoms. The topological polar surface area (TPSA) is 29.5 Å². The Bertz CT molecular complexity index is 537. The van der Waals surface area contributed by atoms with Gasteiger partial charge in [-0.1, -0.05) is 36.9 Å². The van der Waals surface area contributed by atoms with Gasteiger partial charge in [0.05, 0.1) is 7.11 Å². The molecule has 0 atom stereocenters. The van der Waals surface area contributed by atoms with Crippen LogP contribution in [-0.2, 0) is 9.53 Å². The average molecular weight is 271 g/mol. The zero-order valence-corrected chi connectivity index (χ0v) is 12.5. The van der Waals surface area contributed by atoms with E-state index in [9.17, 15) is 4.79 Å². The van der Waals surface area contributed by atoms with Gasteiger partial charge in [-0.2, -0.15) is 0 Å². The monoisotopic (exact) mass is 271 g/mol. The first-order valence-electron chi connectivity index (χ1n) is 6.36. The number of carbonyl (C=O) groups excluding carboxylic acids is 1. The SMILES string of the molecule is C=C/C(=C\C=C(/C)C(=O)OC)c1ccc(N(C)C)cc1. The number of benzene rings is 1. The number of hydrogen-bond donors (Lipinski definition) is 0. The Hall–Kier alpha value is -2.29. The van der Waals surface area contributed by atoms with Crippen LogP contribution < -0.4 is 4.90 Å². The molecule has 0 N–H and O–H groups in total. The fourth-order valence-electron chi connectivity index (χ4n) is 1.68.